The monoisotopic (exact) mass is 239 g/mol. The normalized spacial score (nSPS) is 19.6. The first-order chi connectivity index (χ1) is 7.18. The maximum atomic E-state index is 5.62. The van der Waals surface area contributed by atoms with Crippen LogP contribution in [0.1, 0.15) is 13.8 Å². The molecular formula is C11H14ClN3O. The van der Waals surface area contributed by atoms with Crippen LogP contribution in [0.5, 0.6) is 5.75 Å². The second kappa shape index (κ2) is 3.56. The molecule has 16 heavy (non-hydrogen) atoms. The van der Waals surface area contributed by atoms with Gasteiger partial charge in [0.25, 0.3) is 0 Å². The van der Waals surface area contributed by atoms with Gasteiger partial charge in [0.05, 0.1) is 5.69 Å². The standard InChI is InChI=1S/C11H13N3O.ClH/c1-11(2)13-12-10-7-15-9-6-4-3-5-8(9)14(10)11;/h3-6,13H,7H2,1-2H3;1H. The zero-order valence-electron chi connectivity index (χ0n) is 9.23. The number of halogens is 1. The zero-order chi connectivity index (χ0) is 10.5. The van der Waals surface area contributed by atoms with Crippen LogP contribution < -0.4 is 15.1 Å². The van der Waals surface area contributed by atoms with Crippen molar-refractivity contribution in [1.82, 2.24) is 5.43 Å². The Bertz CT molecular complexity index is 445. The molecule has 0 aromatic heterocycles. The van der Waals surface area contributed by atoms with Gasteiger partial charge in [-0.3, -0.25) is 10.3 Å². The van der Waals surface area contributed by atoms with Crippen LogP contribution in [0.3, 0.4) is 0 Å². The van der Waals surface area contributed by atoms with Gasteiger partial charge < -0.3 is 4.74 Å². The van der Waals surface area contributed by atoms with Gasteiger partial charge in [0.1, 0.15) is 18.0 Å². The van der Waals surface area contributed by atoms with Gasteiger partial charge in [-0.15, -0.1) is 12.4 Å². The van der Waals surface area contributed by atoms with Gasteiger partial charge in [0.2, 0.25) is 0 Å². The second-order valence-electron chi connectivity index (χ2n) is 4.29. The van der Waals surface area contributed by atoms with E-state index in [1.807, 2.05) is 18.2 Å². The molecule has 2 aliphatic heterocycles. The number of para-hydroxylation sites is 2. The Morgan fingerprint density at radius 3 is 2.94 bits per heavy atom. The van der Waals surface area contributed by atoms with E-state index in [0.29, 0.717) is 6.61 Å². The van der Waals surface area contributed by atoms with Crippen molar-refractivity contribution in [3.05, 3.63) is 24.3 Å². The second-order valence-corrected chi connectivity index (χ2v) is 4.29. The number of amidine groups is 1. The SMILES string of the molecule is CC1(C)NN=C2COc3ccccc3N21.Cl. The summed E-state index contributed by atoms with van der Waals surface area (Å²) >= 11 is 0. The number of anilines is 1. The van der Waals surface area contributed by atoms with Crippen molar-refractivity contribution in [3.63, 3.8) is 0 Å². The lowest BCUT2D eigenvalue weighted by Gasteiger charge is -2.37. The van der Waals surface area contributed by atoms with Crippen LogP contribution in [0.15, 0.2) is 29.4 Å². The van der Waals surface area contributed by atoms with E-state index in [4.69, 9.17) is 4.74 Å². The Labute approximate surface area is 101 Å². The molecule has 0 fully saturated rings. The predicted molar refractivity (Wildman–Crippen MR) is 66.3 cm³/mol. The van der Waals surface area contributed by atoms with Gasteiger partial charge in [-0.05, 0) is 26.0 Å². The number of fused-ring (bicyclic) bond motifs is 3. The molecule has 0 atom stereocenters. The summed E-state index contributed by atoms with van der Waals surface area (Å²) in [5, 5.41) is 4.28. The number of benzene rings is 1. The van der Waals surface area contributed by atoms with Crippen molar-refractivity contribution < 1.29 is 4.74 Å². The molecule has 2 aliphatic rings. The fourth-order valence-corrected chi connectivity index (χ4v) is 2.07. The molecule has 1 aromatic rings. The van der Waals surface area contributed by atoms with Gasteiger partial charge in [-0.1, -0.05) is 12.1 Å². The summed E-state index contributed by atoms with van der Waals surface area (Å²) in [4.78, 5) is 2.19. The van der Waals surface area contributed by atoms with Crippen LogP contribution in [0.25, 0.3) is 0 Å². The van der Waals surface area contributed by atoms with E-state index >= 15 is 0 Å². The number of hydrogen-bond acceptors (Lipinski definition) is 4. The maximum absolute atomic E-state index is 5.62. The van der Waals surface area contributed by atoms with Crippen LogP contribution in [0.4, 0.5) is 5.69 Å². The Hall–Kier alpha value is -1.42. The predicted octanol–water partition coefficient (Wildman–Crippen LogP) is 1.96. The van der Waals surface area contributed by atoms with Crippen molar-refractivity contribution in [2.24, 2.45) is 5.10 Å². The Balaban J connectivity index is 0.000000963. The molecule has 2 heterocycles. The fourth-order valence-electron chi connectivity index (χ4n) is 2.07. The molecule has 86 valence electrons. The lowest BCUT2D eigenvalue weighted by molar-refractivity contribution is 0.357. The van der Waals surface area contributed by atoms with Crippen LogP contribution in [-0.4, -0.2) is 18.1 Å². The van der Waals surface area contributed by atoms with Crippen molar-refractivity contribution >= 4 is 23.9 Å². The molecule has 0 amide bonds. The quantitative estimate of drug-likeness (QED) is 0.752. The van der Waals surface area contributed by atoms with E-state index < -0.39 is 0 Å². The van der Waals surface area contributed by atoms with E-state index in [-0.39, 0.29) is 18.1 Å². The first-order valence-electron chi connectivity index (χ1n) is 5.04. The van der Waals surface area contributed by atoms with Gasteiger partial charge in [0, 0.05) is 0 Å². The Kier molecular flexibility index (Phi) is 2.46. The molecule has 1 aromatic carbocycles. The highest BCUT2D eigenvalue weighted by molar-refractivity contribution is 6.04. The number of rotatable bonds is 0. The third kappa shape index (κ3) is 1.41. The van der Waals surface area contributed by atoms with Crippen LogP contribution in [0.2, 0.25) is 0 Å². The highest BCUT2D eigenvalue weighted by atomic mass is 35.5. The first-order valence-corrected chi connectivity index (χ1v) is 5.04. The summed E-state index contributed by atoms with van der Waals surface area (Å²) in [5.74, 6) is 1.87. The molecule has 0 bridgehead atoms. The van der Waals surface area contributed by atoms with Crippen molar-refractivity contribution in [3.8, 4) is 5.75 Å². The average molecular weight is 240 g/mol. The molecule has 0 saturated carbocycles. The van der Waals surface area contributed by atoms with Crippen LogP contribution in [-0.2, 0) is 0 Å². The largest absolute Gasteiger partial charge is 0.483 e. The Morgan fingerprint density at radius 2 is 2.12 bits per heavy atom. The zero-order valence-corrected chi connectivity index (χ0v) is 10.0. The minimum atomic E-state index is -0.171. The first kappa shape index (κ1) is 11.1. The summed E-state index contributed by atoms with van der Waals surface area (Å²) in [5.41, 5.74) is 4.02. The van der Waals surface area contributed by atoms with Gasteiger partial charge in [0.15, 0.2) is 5.84 Å². The van der Waals surface area contributed by atoms with Crippen LogP contribution >= 0.6 is 12.4 Å². The molecule has 0 unspecified atom stereocenters. The fraction of sp³-hybridized carbons (Fsp3) is 0.364. The average Bonchev–Trinajstić information content (AvgIpc) is 2.55. The van der Waals surface area contributed by atoms with Gasteiger partial charge in [-0.2, -0.15) is 5.10 Å². The molecule has 0 radical (unpaired) electrons. The smallest absolute Gasteiger partial charge is 0.169 e. The highest BCUT2D eigenvalue weighted by Crippen LogP contribution is 2.37. The summed E-state index contributed by atoms with van der Waals surface area (Å²) in [6.07, 6.45) is 0. The van der Waals surface area contributed by atoms with E-state index in [1.54, 1.807) is 0 Å². The van der Waals surface area contributed by atoms with E-state index in [2.05, 4.69) is 35.3 Å². The highest BCUT2D eigenvalue weighted by Gasteiger charge is 2.39. The minimum Gasteiger partial charge on any atom is -0.483 e. The van der Waals surface area contributed by atoms with Gasteiger partial charge >= 0.3 is 0 Å². The third-order valence-corrected chi connectivity index (χ3v) is 2.74. The van der Waals surface area contributed by atoms with Crippen LogP contribution in [0, 0.1) is 0 Å². The van der Waals surface area contributed by atoms with Crippen molar-refractivity contribution in [1.29, 1.82) is 0 Å². The summed E-state index contributed by atoms with van der Waals surface area (Å²) in [6, 6.07) is 8.04. The molecule has 3 rings (SSSR count). The molecule has 4 nitrogen and oxygen atoms in total. The van der Waals surface area contributed by atoms with E-state index in [0.717, 1.165) is 17.3 Å². The van der Waals surface area contributed by atoms with E-state index in [1.165, 1.54) is 0 Å². The lowest BCUT2D eigenvalue weighted by Crippen LogP contribution is -2.52. The Morgan fingerprint density at radius 1 is 1.38 bits per heavy atom. The maximum Gasteiger partial charge on any atom is 0.169 e. The number of hydrogen-bond donors (Lipinski definition) is 1. The molecule has 5 heteroatoms. The summed E-state index contributed by atoms with van der Waals surface area (Å²) in [7, 11) is 0. The molecule has 0 aliphatic carbocycles. The van der Waals surface area contributed by atoms with E-state index in [9.17, 15) is 0 Å². The van der Waals surface area contributed by atoms with Crippen molar-refractivity contribution in [2.45, 2.75) is 19.5 Å². The summed E-state index contributed by atoms with van der Waals surface area (Å²) in [6.45, 7) is 4.74. The summed E-state index contributed by atoms with van der Waals surface area (Å²) < 4.78 is 5.62. The molecule has 0 spiro atoms. The number of ether oxygens (including phenoxy) is 1. The molecular weight excluding hydrogens is 226 g/mol. The number of hydrazone groups is 1. The molecule has 0 saturated heterocycles. The van der Waals surface area contributed by atoms with Crippen molar-refractivity contribution in [2.75, 3.05) is 11.5 Å². The topological polar surface area (TPSA) is 36.9 Å². The number of nitrogens with one attached hydrogen (secondary N) is 1. The minimum absolute atomic E-state index is 0. The third-order valence-electron chi connectivity index (χ3n) is 2.74. The molecule has 1 N–H and O–H groups in total. The van der Waals surface area contributed by atoms with Gasteiger partial charge in [-0.25, -0.2) is 0 Å². The number of nitrogens with zero attached hydrogens (tertiary/aromatic N) is 2. The lowest BCUT2D eigenvalue weighted by atomic mass is 10.1.